The monoisotopic (exact) mass is 409 g/mol. The predicted molar refractivity (Wildman–Crippen MR) is 89.1 cm³/mol. The fourth-order valence-corrected chi connectivity index (χ4v) is 2.48. The van der Waals surface area contributed by atoms with E-state index >= 15 is 0 Å². The van der Waals surface area contributed by atoms with Crippen LogP contribution >= 0.6 is 0 Å². The van der Waals surface area contributed by atoms with E-state index in [1.165, 1.54) is 0 Å². The van der Waals surface area contributed by atoms with Crippen LogP contribution in [-0.2, 0) is 0 Å². The minimum Gasteiger partial charge on any atom is -0.508 e. The van der Waals surface area contributed by atoms with E-state index in [1.54, 1.807) is 25.3 Å². The molecule has 1 aromatic heterocycles. The van der Waals surface area contributed by atoms with Crippen LogP contribution in [0.4, 0.5) is 0 Å². The largest absolute Gasteiger partial charge is 0.508 e. The summed E-state index contributed by atoms with van der Waals surface area (Å²) in [4.78, 5) is 3.40. The van der Waals surface area contributed by atoms with Crippen LogP contribution in [0.25, 0.3) is 22.3 Å². The zero-order valence-corrected chi connectivity index (χ0v) is 16.1. The molecule has 3 aromatic rings. The second-order valence-electron chi connectivity index (χ2n) is 5.74. The molecule has 0 saturated heterocycles. The van der Waals surface area contributed by atoms with Crippen LogP contribution in [-0.4, -0.2) is 18.8 Å². The third kappa shape index (κ3) is 6.52. The maximum absolute atomic E-state index is 9.74. The second-order valence-corrected chi connectivity index (χ2v) is 6.49. The van der Waals surface area contributed by atoms with E-state index < -0.39 is 10.2 Å². The first kappa shape index (κ1) is 21.7. The van der Waals surface area contributed by atoms with Crippen molar-refractivity contribution in [2.45, 2.75) is 13.3 Å². The number of benzene rings is 2. The Kier molecular flexibility index (Phi) is 7.38. The Bertz CT molecular complexity index is 972. The van der Waals surface area contributed by atoms with Crippen LogP contribution in [0.3, 0.4) is 0 Å². The predicted octanol–water partition coefficient (Wildman–Crippen LogP) is -2.55. The van der Waals surface area contributed by atoms with E-state index in [4.69, 9.17) is 27.8 Å². The highest BCUT2D eigenvalue weighted by atomic mass is 35.7. The standard InChI is InChI=1S/C19H19NO3.ClHO4/c1-3-10-20-17-12-19(13-4-7-15(22-2)8-5-13)23-18-9-6-14(21)11-16(17)18;2-1(3,4)5/h4-9,11-12,21H,3,10H2,1-2H3;(H,2,3,4,5). The van der Waals surface area contributed by atoms with Gasteiger partial charge in [-0.3, -0.25) is 0 Å². The number of halogens is 1. The number of methoxy groups -OCH3 is 1. The van der Waals surface area contributed by atoms with Crippen LogP contribution in [0.5, 0.6) is 11.5 Å². The molecule has 0 unspecified atom stereocenters. The molecule has 150 valence electrons. The summed E-state index contributed by atoms with van der Waals surface area (Å²) in [5, 5.41) is 11.6. The van der Waals surface area contributed by atoms with Crippen molar-refractivity contribution < 1.29 is 48.1 Å². The van der Waals surface area contributed by atoms with E-state index in [-0.39, 0.29) is 5.75 Å². The van der Waals surface area contributed by atoms with Gasteiger partial charge in [0.2, 0.25) is 5.36 Å². The van der Waals surface area contributed by atoms with E-state index in [0.717, 1.165) is 46.4 Å². The summed E-state index contributed by atoms with van der Waals surface area (Å²) in [6, 6.07) is 14.9. The number of aromatic hydroxyl groups is 1. The zero-order valence-electron chi connectivity index (χ0n) is 15.3. The minimum absolute atomic E-state index is 0.226. The molecule has 0 radical (unpaired) electrons. The first-order valence-corrected chi connectivity index (χ1v) is 9.54. The third-order valence-corrected chi connectivity index (χ3v) is 3.69. The van der Waals surface area contributed by atoms with Gasteiger partial charge in [-0.2, -0.15) is 0 Å². The number of ether oxygens (including phenoxy) is 1. The van der Waals surface area contributed by atoms with Gasteiger partial charge in [0.1, 0.15) is 29.4 Å². The van der Waals surface area contributed by atoms with Crippen LogP contribution < -0.4 is 33.7 Å². The summed E-state index contributed by atoms with van der Waals surface area (Å²) in [5.41, 5.74) is 1.70. The van der Waals surface area contributed by atoms with Crippen LogP contribution in [0, 0.1) is 10.2 Å². The molecule has 0 atom stereocenters. The Balaban J connectivity index is 0.000000500. The molecule has 0 aliphatic rings. The van der Waals surface area contributed by atoms with Crippen LogP contribution in [0.15, 0.2) is 52.9 Å². The molecule has 0 aliphatic heterocycles. The molecule has 1 heterocycles. The van der Waals surface area contributed by atoms with Crippen molar-refractivity contribution in [1.82, 2.24) is 0 Å². The van der Waals surface area contributed by atoms with Gasteiger partial charge in [0, 0.05) is 12.0 Å². The molecule has 9 heteroatoms. The van der Waals surface area contributed by atoms with Gasteiger partial charge >= 0.3 is 0 Å². The summed E-state index contributed by atoms with van der Waals surface area (Å²) in [7, 11) is -3.30. The molecule has 0 fully saturated rings. The average molecular weight is 410 g/mol. The smallest absolute Gasteiger partial charge is 0.213 e. The fraction of sp³-hybridized carbons (Fsp3) is 0.211. The zero-order chi connectivity index (χ0) is 20.7. The Hall–Kier alpha value is -2.62. The summed E-state index contributed by atoms with van der Waals surface area (Å²) >= 11 is 0. The van der Waals surface area contributed by atoms with Crippen LogP contribution in [0.1, 0.15) is 13.3 Å². The highest BCUT2D eigenvalue weighted by Gasteiger charge is 2.10. The van der Waals surface area contributed by atoms with Crippen molar-refractivity contribution in [3.05, 3.63) is 53.9 Å². The second kappa shape index (κ2) is 9.54. The number of phenolic OH excluding ortho intramolecular Hbond substituents is 1. The molecule has 0 spiro atoms. The van der Waals surface area contributed by atoms with Crippen molar-refractivity contribution in [2.75, 3.05) is 13.7 Å². The summed E-state index contributed by atoms with van der Waals surface area (Å²) in [6.07, 6.45) is 1.02. The lowest BCUT2D eigenvalue weighted by Gasteiger charge is -2.17. The van der Waals surface area contributed by atoms with E-state index in [0.29, 0.717) is 0 Å². The Morgan fingerprint density at radius 3 is 2.25 bits per heavy atom. The van der Waals surface area contributed by atoms with Crippen LogP contribution in [0.2, 0.25) is 0 Å². The number of nitrogens with one attached hydrogen (secondary N) is 1. The summed E-state index contributed by atoms with van der Waals surface area (Å²) in [5.74, 6) is 1.80. The maximum Gasteiger partial charge on any atom is 0.213 e. The van der Waals surface area contributed by atoms with Crippen molar-refractivity contribution in [3.63, 3.8) is 0 Å². The van der Waals surface area contributed by atoms with Gasteiger partial charge < -0.3 is 14.3 Å². The lowest BCUT2D eigenvalue weighted by Crippen LogP contribution is -2.76. The molecular weight excluding hydrogens is 390 g/mol. The van der Waals surface area contributed by atoms with Crippen molar-refractivity contribution in [3.8, 4) is 22.8 Å². The van der Waals surface area contributed by atoms with Gasteiger partial charge in [-0.1, -0.05) is 6.92 Å². The third-order valence-electron chi connectivity index (χ3n) is 3.69. The molecule has 0 saturated carbocycles. The molecule has 0 aliphatic carbocycles. The summed E-state index contributed by atoms with van der Waals surface area (Å²) < 4.78 is 45.2. The van der Waals surface area contributed by atoms with Gasteiger partial charge in [-0.05, 0) is 42.5 Å². The number of hydrogen-bond donors (Lipinski definition) is 2. The molecule has 8 nitrogen and oxygen atoms in total. The van der Waals surface area contributed by atoms with Gasteiger partial charge in [0.25, 0.3) is 0 Å². The number of phenols is 1. The average Bonchev–Trinajstić information content (AvgIpc) is 2.65. The van der Waals surface area contributed by atoms with E-state index in [2.05, 4.69) is 11.9 Å². The molecule has 0 bridgehead atoms. The minimum atomic E-state index is -4.94. The lowest BCUT2D eigenvalue weighted by molar-refractivity contribution is -2.00. The first-order chi connectivity index (χ1) is 13.2. The molecule has 2 aromatic carbocycles. The topological polar surface area (TPSA) is 149 Å². The van der Waals surface area contributed by atoms with Crippen molar-refractivity contribution in [1.29, 1.82) is 0 Å². The summed E-state index contributed by atoms with van der Waals surface area (Å²) in [6.45, 7) is 2.97. The van der Waals surface area contributed by atoms with Gasteiger partial charge in [0.05, 0.1) is 18.6 Å². The molecule has 3 rings (SSSR count). The Labute approximate surface area is 163 Å². The van der Waals surface area contributed by atoms with Gasteiger partial charge in [-0.15, -0.1) is 10.2 Å². The normalized spacial score (nSPS) is 11.9. The SMILES string of the molecule is CCC[NH+]=c1cc(-c2ccc(OC)cc2)oc2ccc(O)cc12.[O-][Cl+3]([O-])([O-])[O-]. The Morgan fingerprint density at radius 1 is 1.04 bits per heavy atom. The quantitative estimate of drug-likeness (QED) is 0.481. The first-order valence-electron chi connectivity index (χ1n) is 8.31. The number of hydrogen-bond acceptors (Lipinski definition) is 7. The number of rotatable bonds is 4. The molecule has 2 N–H and O–H groups in total. The lowest BCUT2D eigenvalue weighted by atomic mass is 10.1. The van der Waals surface area contributed by atoms with Crippen molar-refractivity contribution >= 4 is 11.0 Å². The van der Waals surface area contributed by atoms with E-state index in [9.17, 15) is 5.11 Å². The molecule has 28 heavy (non-hydrogen) atoms. The molecular formula is C19H20ClNO7. The van der Waals surface area contributed by atoms with Gasteiger partial charge in [0.15, 0.2) is 0 Å². The van der Waals surface area contributed by atoms with Crippen molar-refractivity contribution in [2.24, 2.45) is 0 Å². The molecule has 0 amide bonds. The fourth-order valence-electron chi connectivity index (χ4n) is 2.48. The Morgan fingerprint density at radius 2 is 1.68 bits per heavy atom. The van der Waals surface area contributed by atoms with Gasteiger partial charge in [-0.25, -0.2) is 23.6 Å². The van der Waals surface area contributed by atoms with E-state index in [1.807, 2.05) is 30.3 Å². The number of fused-ring (bicyclic) bond motifs is 1. The highest BCUT2D eigenvalue weighted by molar-refractivity contribution is 5.79. The highest BCUT2D eigenvalue weighted by Crippen LogP contribution is 2.25. The maximum atomic E-state index is 9.74.